The average molecular weight is 1880 g/mol. The van der Waals surface area contributed by atoms with Gasteiger partial charge in [0.15, 0.2) is 0 Å². The topological polar surface area (TPSA) is 493 Å². The van der Waals surface area contributed by atoms with Crippen molar-refractivity contribution in [3.63, 3.8) is 0 Å². The summed E-state index contributed by atoms with van der Waals surface area (Å²) in [4.78, 5) is 245. The standard InChI is InChI=1S/C103H139N19O15/c1-4-5-13-50-84-113-101(135)122(90(124)61-55-74(2)3)89(72-81-48-26-12-27-49-81)115-103(137)121(95(129)66-60-79-44-22-10-23-45-79)87(54-31-35-70-107)112-100(134)119(93(127)64-58-77-40-18-8-19-41-77)85(52-29-33-68-105)110-98(132)117(91(125)62-56-75-36-14-6-15-37-75)83(51-28-32-67-104)109-96(130)97(131)116(73-82(108)123)88(71-80-46-24-11-25-47-80)114-102(136)120(94(128)65-59-78-42-20-9-21-43-78)86(53-30-34-69-106)111-99(133)118(84)92(126)63-57-76-38-16-7-17-39-76/h6-12,14-27,36-49,74,83-89H,4-5,13,28-35,50-73,104-107H2,1-3H3,(H2,108,123)(H,109,130)(H,110,132)(H,111,133)(H,112,134)(H,113,135)(H,114,136)(H,115,137)/t83-,84-,85-,86-,87-,88-,89?/m1/s1. The van der Waals surface area contributed by atoms with Gasteiger partial charge in [-0.15, -0.1) is 0 Å². The number of carbonyl (C=O) groups is 15. The monoisotopic (exact) mass is 1880 g/mol. The summed E-state index contributed by atoms with van der Waals surface area (Å²) in [6.45, 7) is 4.69. The van der Waals surface area contributed by atoms with Gasteiger partial charge in [0.05, 0.1) is 0 Å². The van der Waals surface area contributed by atoms with Gasteiger partial charge in [-0.3, -0.25) is 43.2 Å². The Bertz CT molecular complexity index is 4980. The third-order valence-corrected chi connectivity index (χ3v) is 23.6. The molecule has 0 saturated carbocycles. The lowest BCUT2D eigenvalue weighted by molar-refractivity contribution is -0.150. The molecule has 7 aromatic carbocycles. The van der Waals surface area contributed by atoms with Crippen LogP contribution in [0.25, 0.3) is 0 Å². The highest BCUT2D eigenvalue weighted by atomic mass is 16.2. The van der Waals surface area contributed by atoms with Crippen molar-refractivity contribution < 1.29 is 71.9 Å². The zero-order chi connectivity index (χ0) is 98.8. The number of rotatable bonds is 44. The van der Waals surface area contributed by atoms with Gasteiger partial charge < -0.3 is 70.8 Å². The van der Waals surface area contributed by atoms with Gasteiger partial charge in [-0.2, -0.15) is 0 Å². The molecule has 0 spiro atoms. The fourth-order valence-corrected chi connectivity index (χ4v) is 16.3. The first kappa shape index (κ1) is 109. The van der Waals surface area contributed by atoms with Crippen molar-refractivity contribution in [1.29, 1.82) is 0 Å². The number of aryl methyl sites for hydroxylation is 5. The number of hydrogen-bond donors (Lipinski definition) is 12. The Hall–Kier alpha value is -13.6. The molecule has 1 fully saturated rings. The van der Waals surface area contributed by atoms with Crippen molar-refractivity contribution in [2.75, 3.05) is 32.7 Å². The van der Waals surface area contributed by atoms with E-state index in [2.05, 4.69) is 37.2 Å². The van der Waals surface area contributed by atoms with Gasteiger partial charge in [0.25, 0.3) is 0 Å². The van der Waals surface area contributed by atoms with Crippen LogP contribution in [0, 0.1) is 5.92 Å². The minimum Gasteiger partial charge on any atom is -0.368 e. The molecule has 21 amide bonds. The first-order valence-electron chi connectivity index (χ1n) is 48.0. The van der Waals surface area contributed by atoms with Crippen LogP contribution < -0.4 is 65.9 Å². The van der Waals surface area contributed by atoms with E-state index in [0.717, 1.165) is 19.6 Å². The highest BCUT2D eigenvalue weighted by Crippen LogP contribution is 2.26. The van der Waals surface area contributed by atoms with Crippen LogP contribution in [-0.4, -0.2) is 200 Å². The van der Waals surface area contributed by atoms with E-state index in [-0.39, 0.29) is 173 Å². The summed E-state index contributed by atoms with van der Waals surface area (Å²) < 4.78 is 0. The van der Waals surface area contributed by atoms with Crippen LogP contribution in [0.3, 0.4) is 0 Å². The van der Waals surface area contributed by atoms with Gasteiger partial charge >= 0.3 is 48.0 Å². The van der Waals surface area contributed by atoms with Gasteiger partial charge in [0.1, 0.15) is 49.7 Å². The molecule has 1 unspecified atom stereocenters. The summed E-state index contributed by atoms with van der Waals surface area (Å²) in [7, 11) is 0. The number of hydrogen-bond acceptors (Lipinski definition) is 19. The molecule has 137 heavy (non-hydrogen) atoms. The molecule has 0 aromatic heterocycles. The highest BCUT2D eigenvalue weighted by molar-refractivity contribution is 6.35. The Morgan fingerprint density at radius 2 is 0.504 bits per heavy atom. The molecular formula is C103H139N19O15. The molecule has 0 radical (unpaired) electrons. The number of nitrogens with one attached hydrogen (secondary N) is 7. The number of unbranched alkanes of at least 4 members (excludes halogenated alkanes) is 6. The lowest BCUT2D eigenvalue weighted by Crippen LogP contribution is -2.66. The van der Waals surface area contributed by atoms with E-state index in [1.165, 1.54) is 0 Å². The van der Waals surface area contributed by atoms with Crippen molar-refractivity contribution in [2.45, 2.75) is 257 Å². The maximum atomic E-state index is 16.7. The maximum absolute atomic E-state index is 16.7. The van der Waals surface area contributed by atoms with E-state index >= 15 is 67.1 Å². The molecular weight excluding hydrogens is 1740 g/mol. The Balaban J connectivity index is 1.47. The van der Waals surface area contributed by atoms with Crippen LogP contribution in [0.1, 0.15) is 207 Å². The number of benzene rings is 7. The smallest absolute Gasteiger partial charge is 0.327 e. The predicted octanol–water partition coefficient (Wildman–Crippen LogP) is 11.1. The second-order valence-corrected chi connectivity index (χ2v) is 34.6. The van der Waals surface area contributed by atoms with Crippen LogP contribution in [0.15, 0.2) is 212 Å². The van der Waals surface area contributed by atoms with Crippen molar-refractivity contribution in [3.8, 4) is 0 Å². The van der Waals surface area contributed by atoms with Gasteiger partial charge in [0, 0.05) is 51.4 Å². The molecule has 736 valence electrons. The molecule has 0 aliphatic carbocycles. The van der Waals surface area contributed by atoms with Gasteiger partial charge in [-0.05, 0) is 199 Å². The summed E-state index contributed by atoms with van der Waals surface area (Å²) in [5.74, 6) is -10.2. The number of nitrogens with two attached hydrogens (primary N) is 5. The molecule has 8 rings (SSSR count). The van der Waals surface area contributed by atoms with Crippen LogP contribution in [0.5, 0.6) is 0 Å². The molecule has 17 N–H and O–H groups in total. The van der Waals surface area contributed by atoms with E-state index in [4.69, 9.17) is 28.7 Å². The molecule has 7 aromatic rings. The zero-order valence-electron chi connectivity index (χ0n) is 79.2. The fourth-order valence-electron chi connectivity index (χ4n) is 16.3. The number of primary amides is 1. The maximum Gasteiger partial charge on any atom is 0.327 e. The van der Waals surface area contributed by atoms with E-state index in [1.807, 2.05) is 20.8 Å². The van der Waals surface area contributed by atoms with E-state index in [1.54, 1.807) is 212 Å². The minimum atomic E-state index is -1.87. The Morgan fingerprint density at radius 1 is 0.285 bits per heavy atom. The molecule has 1 saturated heterocycles. The third kappa shape index (κ3) is 36.2. The lowest BCUT2D eigenvalue weighted by Gasteiger charge is -2.39. The average Bonchev–Trinajstić information content (AvgIpc) is 0.895. The Kier molecular flexibility index (Phi) is 47.1. The number of imide groups is 6. The summed E-state index contributed by atoms with van der Waals surface area (Å²) in [5.41, 5.74) is 34.9. The van der Waals surface area contributed by atoms with Gasteiger partial charge in [-0.1, -0.05) is 246 Å². The normalized spacial score (nSPS) is 17.8. The van der Waals surface area contributed by atoms with Gasteiger partial charge in [-0.25, -0.2) is 58.2 Å². The molecule has 7 atom stereocenters. The second-order valence-electron chi connectivity index (χ2n) is 34.6. The van der Waals surface area contributed by atoms with Crippen LogP contribution >= 0.6 is 0 Å². The summed E-state index contributed by atoms with van der Waals surface area (Å²) in [6, 6.07) is 52.7. The summed E-state index contributed by atoms with van der Waals surface area (Å²) in [5, 5.41) is 19.7. The molecule has 1 aliphatic heterocycles. The Morgan fingerprint density at radius 3 is 0.752 bits per heavy atom. The van der Waals surface area contributed by atoms with E-state index in [9.17, 15) is 4.79 Å². The molecule has 34 heteroatoms. The molecule has 0 bridgehead atoms. The highest BCUT2D eigenvalue weighted by Gasteiger charge is 2.45. The second kappa shape index (κ2) is 59.3. The number of nitrogens with zero attached hydrogens (tertiary/aromatic N) is 7. The first-order valence-corrected chi connectivity index (χ1v) is 48.0. The fraction of sp³-hybridized carbons (Fsp3) is 0.447. The van der Waals surface area contributed by atoms with Crippen LogP contribution in [0.4, 0.5) is 28.8 Å². The van der Waals surface area contributed by atoms with Crippen molar-refractivity contribution >= 4 is 89.4 Å². The lowest BCUT2D eigenvalue weighted by atomic mass is 10.1. The Labute approximate surface area is 803 Å². The van der Waals surface area contributed by atoms with Crippen LogP contribution in [0.2, 0.25) is 0 Å². The van der Waals surface area contributed by atoms with Crippen molar-refractivity contribution in [3.05, 3.63) is 251 Å². The number of amides is 21. The quantitative estimate of drug-likeness (QED) is 0.0125. The molecule has 34 nitrogen and oxygen atoms in total. The number of urea groups is 6. The van der Waals surface area contributed by atoms with Crippen molar-refractivity contribution in [2.24, 2.45) is 34.6 Å². The number of carbonyl (C=O) groups excluding carboxylic acids is 15. The van der Waals surface area contributed by atoms with E-state index < -0.39 is 178 Å². The third-order valence-electron chi connectivity index (χ3n) is 23.6. The minimum absolute atomic E-state index is 0.00252. The molecule has 1 aliphatic rings. The SMILES string of the molecule is CCCCC[C@@H]1NC(=O)N(C(=O)CCC(C)C)C(Cc2ccccc2)NC(=O)N(C(=O)CCc2ccccc2)[C@H](CCCCN)NC(=O)N(C(=O)CCc2ccccc2)[C@H](CCCCN)NC(=O)N(C(=O)CCc2ccccc2)[C@H](CCCCN)NC(=O)C(=O)N(CC(N)=O)[C@H](Cc2ccccc2)NC(=O)N(C(=O)CCc2ccccc2)[C@H](CCCCN)NC(=O)N1C(=O)CCc1ccccc1. The van der Waals surface area contributed by atoms with Crippen LogP contribution in [-0.2, 0) is 88.1 Å². The summed E-state index contributed by atoms with van der Waals surface area (Å²) in [6.07, 6.45) is -15.1. The van der Waals surface area contributed by atoms with E-state index in [0.29, 0.717) is 66.5 Å². The predicted molar refractivity (Wildman–Crippen MR) is 522 cm³/mol. The summed E-state index contributed by atoms with van der Waals surface area (Å²) >= 11 is 0. The zero-order valence-corrected chi connectivity index (χ0v) is 79.2. The molecule has 1 heterocycles. The van der Waals surface area contributed by atoms with Crippen molar-refractivity contribution in [1.82, 2.24) is 71.5 Å². The van der Waals surface area contributed by atoms with Gasteiger partial charge in [0.2, 0.25) is 41.4 Å². The largest absolute Gasteiger partial charge is 0.368 e. The first-order chi connectivity index (χ1) is 66.2.